The Morgan fingerprint density at radius 3 is 2.47 bits per heavy atom. The van der Waals surface area contributed by atoms with Crippen LogP contribution in [0.1, 0.15) is 63.9 Å². The van der Waals surface area contributed by atoms with Gasteiger partial charge in [0.05, 0.1) is 0 Å². The molecule has 0 fully saturated rings. The molecule has 1 rings (SSSR count). The quantitative estimate of drug-likeness (QED) is 0.356. The molecule has 0 bridgehead atoms. The van der Waals surface area contributed by atoms with Crippen molar-refractivity contribution in [2.24, 2.45) is 0 Å². The molecular formula is C15H25BrS. The summed E-state index contributed by atoms with van der Waals surface area (Å²) in [5.74, 6) is 0. The summed E-state index contributed by atoms with van der Waals surface area (Å²) in [6.45, 7) is 2.28. The van der Waals surface area contributed by atoms with E-state index in [2.05, 4.69) is 39.7 Å². The van der Waals surface area contributed by atoms with Crippen LogP contribution in [0.5, 0.6) is 0 Å². The minimum Gasteiger partial charge on any atom is -0.152 e. The molecule has 17 heavy (non-hydrogen) atoms. The lowest BCUT2D eigenvalue weighted by atomic mass is 10.1. The highest BCUT2D eigenvalue weighted by molar-refractivity contribution is 9.09. The van der Waals surface area contributed by atoms with Crippen LogP contribution in [0.15, 0.2) is 16.8 Å². The molecular weight excluding hydrogens is 292 g/mol. The predicted octanol–water partition coefficient (Wildman–Crippen LogP) is 6.19. The normalized spacial score (nSPS) is 12.8. The lowest BCUT2D eigenvalue weighted by Gasteiger charge is -2.08. The molecule has 1 unspecified atom stereocenters. The zero-order valence-corrected chi connectivity index (χ0v) is 13.4. The molecule has 0 aliphatic rings. The number of hydrogen-bond acceptors (Lipinski definition) is 1. The third-order valence-electron chi connectivity index (χ3n) is 3.16. The molecule has 0 aliphatic carbocycles. The number of hydrogen-bond donors (Lipinski definition) is 0. The predicted molar refractivity (Wildman–Crippen MR) is 83.3 cm³/mol. The van der Waals surface area contributed by atoms with Crippen molar-refractivity contribution in [1.82, 2.24) is 0 Å². The highest BCUT2D eigenvalue weighted by Gasteiger charge is 2.05. The van der Waals surface area contributed by atoms with Crippen molar-refractivity contribution in [2.45, 2.75) is 69.5 Å². The van der Waals surface area contributed by atoms with Crippen molar-refractivity contribution < 1.29 is 0 Å². The first-order chi connectivity index (χ1) is 8.33. The van der Waals surface area contributed by atoms with Gasteiger partial charge in [0.15, 0.2) is 0 Å². The zero-order valence-electron chi connectivity index (χ0n) is 11.0. The molecule has 0 aliphatic heterocycles. The molecule has 1 heterocycles. The summed E-state index contributed by atoms with van der Waals surface area (Å²) >= 11 is 5.60. The van der Waals surface area contributed by atoms with E-state index in [4.69, 9.17) is 0 Å². The van der Waals surface area contributed by atoms with Crippen molar-refractivity contribution in [1.29, 1.82) is 0 Å². The summed E-state index contributed by atoms with van der Waals surface area (Å²) in [7, 11) is 0. The second-order valence-electron chi connectivity index (χ2n) is 4.84. The van der Waals surface area contributed by atoms with E-state index in [-0.39, 0.29) is 0 Å². The maximum absolute atomic E-state index is 3.80. The van der Waals surface area contributed by atoms with Crippen LogP contribution in [0.2, 0.25) is 0 Å². The second-order valence-corrected chi connectivity index (χ2v) is 6.92. The molecule has 0 N–H and O–H groups in total. The summed E-state index contributed by atoms with van der Waals surface area (Å²) in [5.41, 5.74) is 1.49. The topological polar surface area (TPSA) is 0 Å². The Kier molecular flexibility index (Phi) is 9.08. The molecule has 0 saturated carbocycles. The first kappa shape index (κ1) is 15.2. The summed E-state index contributed by atoms with van der Waals surface area (Å²) in [6, 6.07) is 2.24. The number of alkyl halides is 1. The number of rotatable bonds is 10. The minimum atomic E-state index is 0.674. The third kappa shape index (κ3) is 7.99. The van der Waals surface area contributed by atoms with Gasteiger partial charge in [-0.15, -0.1) is 0 Å². The molecule has 0 saturated heterocycles. The van der Waals surface area contributed by atoms with Crippen molar-refractivity contribution in [2.75, 3.05) is 0 Å². The molecule has 1 atom stereocenters. The fourth-order valence-electron chi connectivity index (χ4n) is 2.09. The van der Waals surface area contributed by atoms with Gasteiger partial charge in [-0.3, -0.25) is 0 Å². The average Bonchev–Trinajstić information content (AvgIpc) is 2.80. The SMILES string of the molecule is CCCCCCCCCC(Br)Cc1ccsc1. The van der Waals surface area contributed by atoms with Crippen LogP contribution in [0.25, 0.3) is 0 Å². The number of unbranched alkanes of at least 4 members (excludes halogenated alkanes) is 6. The van der Waals surface area contributed by atoms with Gasteiger partial charge in [0.1, 0.15) is 0 Å². The molecule has 98 valence electrons. The standard InChI is InChI=1S/C15H25BrS/c1-2-3-4-5-6-7-8-9-15(16)12-14-10-11-17-13-14/h10-11,13,15H,2-9,12H2,1H3. The molecule has 0 nitrogen and oxygen atoms in total. The van der Waals surface area contributed by atoms with Gasteiger partial charge in [0.2, 0.25) is 0 Å². The van der Waals surface area contributed by atoms with Crippen LogP contribution >= 0.6 is 27.3 Å². The van der Waals surface area contributed by atoms with E-state index in [0.29, 0.717) is 4.83 Å². The summed E-state index contributed by atoms with van der Waals surface area (Å²) in [6.07, 6.45) is 12.4. The first-order valence-corrected chi connectivity index (χ1v) is 8.84. The molecule has 0 spiro atoms. The van der Waals surface area contributed by atoms with Gasteiger partial charge < -0.3 is 0 Å². The molecule has 2 heteroatoms. The van der Waals surface area contributed by atoms with Crippen LogP contribution < -0.4 is 0 Å². The average molecular weight is 317 g/mol. The third-order valence-corrected chi connectivity index (χ3v) is 4.67. The summed E-state index contributed by atoms with van der Waals surface area (Å²) in [5, 5.41) is 4.43. The smallest absolute Gasteiger partial charge is 0.0186 e. The van der Waals surface area contributed by atoms with Gasteiger partial charge in [0, 0.05) is 4.83 Å². The Morgan fingerprint density at radius 2 is 1.82 bits per heavy atom. The van der Waals surface area contributed by atoms with E-state index in [1.165, 1.54) is 63.4 Å². The summed E-state index contributed by atoms with van der Waals surface area (Å²) in [4.78, 5) is 0.674. The zero-order chi connectivity index (χ0) is 12.3. The highest BCUT2D eigenvalue weighted by Crippen LogP contribution is 2.19. The minimum absolute atomic E-state index is 0.674. The van der Waals surface area contributed by atoms with Gasteiger partial charge in [-0.25, -0.2) is 0 Å². The van der Waals surface area contributed by atoms with Gasteiger partial charge in [-0.05, 0) is 35.2 Å². The lowest BCUT2D eigenvalue weighted by molar-refractivity contribution is 0.570. The van der Waals surface area contributed by atoms with Crippen molar-refractivity contribution in [3.8, 4) is 0 Å². The Labute approximate surface area is 119 Å². The molecule has 1 aromatic heterocycles. The second kappa shape index (κ2) is 10.1. The Morgan fingerprint density at radius 1 is 1.12 bits per heavy atom. The van der Waals surface area contributed by atoms with E-state index in [1.54, 1.807) is 11.3 Å². The van der Waals surface area contributed by atoms with Gasteiger partial charge in [-0.1, -0.05) is 67.8 Å². The lowest BCUT2D eigenvalue weighted by Crippen LogP contribution is -2.01. The number of halogens is 1. The van der Waals surface area contributed by atoms with Crippen molar-refractivity contribution in [3.63, 3.8) is 0 Å². The molecule has 1 aromatic rings. The Balaban J connectivity index is 1.92. The largest absolute Gasteiger partial charge is 0.152 e. The van der Waals surface area contributed by atoms with E-state index in [9.17, 15) is 0 Å². The van der Waals surface area contributed by atoms with Crippen LogP contribution in [-0.2, 0) is 6.42 Å². The van der Waals surface area contributed by atoms with E-state index in [1.807, 2.05) is 0 Å². The monoisotopic (exact) mass is 316 g/mol. The maximum Gasteiger partial charge on any atom is 0.0186 e. The fraction of sp³-hybridized carbons (Fsp3) is 0.733. The van der Waals surface area contributed by atoms with E-state index in [0.717, 1.165) is 0 Å². The van der Waals surface area contributed by atoms with Gasteiger partial charge in [-0.2, -0.15) is 11.3 Å². The molecule has 0 aromatic carbocycles. The van der Waals surface area contributed by atoms with Crippen molar-refractivity contribution in [3.05, 3.63) is 22.4 Å². The first-order valence-electron chi connectivity index (χ1n) is 6.98. The van der Waals surface area contributed by atoms with Crippen LogP contribution in [0.4, 0.5) is 0 Å². The maximum atomic E-state index is 3.80. The highest BCUT2D eigenvalue weighted by atomic mass is 79.9. The van der Waals surface area contributed by atoms with Crippen molar-refractivity contribution >= 4 is 27.3 Å². The molecule has 0 radical (unpaired) electrons. The summed E-state index contributed by atoms with van der Waals surface area (Å²) < 4.78 is 0. The van der Waals surface area contributed by atoms with Gasteiger partial charge >= 0.3 is 0 Å². The van der Waals surface area contributed by atoms with Crippen LogP contribution in [-0.4, -0.2) is 4.83 Å². The van der Waals surface area contributed by atoms with Crippen LogP contribution in [0.3, 0.4) is 0 Å². The Bertz CT molecular complexity index is 256. The number of thiophene rings is 1. The Hall–Kier alpha value is 0.180. The van der Waals surface area contributed by atoms with Crippen LogP contribution in [0, 0.1) is 0 Å². The van der Waals surface area contributed by atoms with E-state index >= 15 is 0 Å². The fourth-order valence-corrected chi connectivity index (χ4v) is 3.47. The van der Waals surface area contributed by atoms with E-state index < -0.39 is 0 Å². The van der Waals surface area contributed by atoms with Gasteiger partial charge in [0.25, 0.3) is 0 Å². The molecule has 0 amide bonds.